The lowest BCUT2D eigenvalue weighted by atomic mass is 9.63. The van der Waals surface area contributed by atoms with E-state index in [2.05, 4.69) is 0 Å². The Hall–Kier alpha value is -2.86. The van der Waals surface area contributed by atoms with Gasteiger partial charge in [0, 0.05) is 22.8 Å². The first kappa shape index (κ1) is 22.0. The van der Waals surface area contributed by atoms with E-state index in [1.165, 1.54) is 4.90 Å². The second-order valence-corrected chi connectivity index (χ2v) is 9.73. The standard InChI is InChI=1S/C26H26ClNO5/c1-3-32-24(30)22-19-14-33-20-10-5-4-9-17(20)21(19)18-11-12-26(22,2)25(31)28(23(18)29)16-8-6-7-15(27)13-16/h4-10,13,18-19,21-22H,3,11-12,14H2,1-2H3/t18?,19-,21?,22-,26-/m0/s1. The number of carbonyl (C=O) groups is 3. The van der Waals surface area contributed by atoms with E-state index in [1.807, 2.05) is 24.3 Å². The smallest absolute Gasteiger partial charge is 0.310 e. The number of fused-ring (bicyclic) bond motifs is 7. The van der Waals surface area contributed by atoms with Crippen molar-refractivity contribution in [3.8, 4) is 5.75 Å². The number of halogens is 1. The molecular formula is C26H26ClNO5. The van der Waals surface area contributed by atoms with Crippen LogP contribution in [-0.4, -0.2) is 31.0 Å². The number of anilines is 1. The number of amides is 2. The molecule has 0 spiro atoms. The predicted molar refractivity (Wildman–Crippen MR) is 123 cm³/mol. The highest BCUT2D eigenvalue weighted by Crippen LogP contribution is 2.57. The highest BCUT2D eigenvalue weighted by molar-refractivity contribution is 6.31. The predicted octanol–water partition coefficient (Wildman–Crippen LogP) is 4.60. The van der Waals surface area contributed by atoms with Crippen LogP contribution in [0.2, 0.25) is 5.02 Å². The van der Waals surface area contributed by atoms with Crippen LogP contribution in [-0.2, 0) is 19.1 Å². The molecule has 1 aliphatic carbocycles. The lowest BCUT2D eigenvalue weighted by Crippen LogP contribution is -2.57. The largest absolute Gasteiger partial charge is 0.493 e. The molecule has 5 atom stereocenters. The molecule has 2 aromatic carbocycles. The zero-order valence-electron chi connectivity index (χ0n) is 18.6. The van der Waals surface area contributed by atoms with Crippen LogP contribution in [0.3, 0.4) is 0 Å². The normalized spacial score (nSPS) is 30.6. The number of ether oxygens (including phenoxy) is 2. The van der Waals surface area contributed by atoms with Crippen molar-refractivity contribution in [2.45, 2.75) is 32.6 Å². The van der Waals surface area contributed by atoms with E-state index < -0.39 is 23.2 Å². The summed E-state index contributed by atoms with van der Waals surface area (Å²) in [6.45, 7) is 4.03. The van der Waals surface area contributed by atoms with Crippen molar-refractivity contribution in [1.29, 1.82) is 0 Å². The number of hydrogen-bond donors (Lipinski definition) is 0. The molecule has 6 nitrogen and oxygen atoms in total. The van der Waals surface area contributed by atoms with Gasteiger partial charge in [0.25, 0.3) is 0 Å². The molecule has 2 fully saturated rings. The van der Waals surface area contributed by atoms with Crippen molar-refractivity contribution >= 4 is 35.1 Å². The molecule has 0 N–H and O–H groups in total. The van der Waals surface area contributed by atoms with Crippen molar-refractivity contribution in [1.82, 2.24) is 0 Å². The van der Waals surface area contributed by atoms with Crippen molar-refractivity contribution in [3.05, 3.63) is 59.1 Å². The molecule has 2 bridgehead atoms. The van der Waals surface area contributed by atoms with Crippen LogP contribution in [0, 0.1) is 23.2 Å². The van der Waals surface area contributed by atoms with Crippen molar-refractivity contribution in [3.63, 3.8) is 0 Å². The summed E-state index contributed by atoms with van der Waals surface area (Å²) in [4.78, 5) is 42.7. The molecule has 2 aliphatic heterocycles. The third-order valence-electron chi connectivity index (χ3n) is 7.53. The summed E-state index contributed by atoms with van der Waals surface area (Å²) in [6.07, 6.45) is 0.918. The molecule has 3 aliphatic rings. The SMILES string of the molecule is CCOC(=O)[C@@H]1[C@H]2COc3ccccc3C2C2CC[C@]1(C)C(=O)N(c1cccc(Cl)c1)C2=O. The van der Waals surface area contributed by atoms with Crippen LogP contribution in [0.5, 0.6) is 5.75 Å². The van der Waals surface area contributed by atoms with Gasteiger partial charge in [-0.2, -0.15) is 0 Å². The summed E-state index contributed by atoms with van der Waals surface area (Å²) >= 11 is 6.21. The lowest BCUT2D eigenvalue weighted by molar-refractivity contribution is -0.162. The van der Waals surface area contributed by atoms with Gasteiger partial charge in [0.05, 0.1) is 30.2 Å². The summed E-state index contributed by atoms with van der Waals surface area (Å²) in [5, 5.41) is 0.434. The number of para-hydroxylation sites is 1. The van der Waals surface area contributed by atoms with E-state index in [4.69, 9.17) is 21.1 Å². The molecule has 2 heterocycles. The quantitative estimate of drug-likeness (QED) is 0.487. The highest BCUT2D eigenvalue weighted by atomic mass is 35.5. The summed E-state index contributed by atoms with van der Waals surface area (Å²) < 4.78 is 11.5. The molecule has 7 heteroatoms. The van der Waals surface area contributed by atoms with Gasteiger partial charge >= 0.3 is 5.97 Å². The lowest BCUT2D eigenvalue weighted by Gasteiger charge is -2.46. The first-order chi connectivity index (χ1) is 15.9. The summed E-state index contributed by atoms with van der Waals surface area (Å²) in [5.74, 6) is -2.12. The molecule has 1 saturated carbocycles. The Morgan fingerprint density at radius 1 is 1.21 bits per heavy atom. The van der Waals surface area contributed by atoms with Gasteiger partial charge in [0.2, 0.25) is 11.8 Å². The Morgan fingerprint density at radius 2 is 2.00 bits per heavy atom. The zero-order valence-corrected chi connectivity index (χ0v) is 19.4. The molecule has 5 rings (SSSR count). The van der Waals surface area contributed by atoms with Crippen LogP contribution in [0.25, 0.3) is 0 Å². The number of carbonyl (C=O) groups excluding carboxylic acids is 3. The molecule has 0 radical (unpaired) electrons. The van der Waals surface area contributed by atoms with Gasteiger partial charge in [-0.3, -0.25) is 14.4 Å². The van der Waals surface area contributed by atoms with E-state index >= 15 is 0 Å². The van der Waals surface area contributed by atoms with Crippen LogP contribution in [0.1, 0.15) is 38.2 Å². The minimum absolute atomic E-state index is 0.217. The number of nitrogens with zero attached hydrogens (tertiary/aromatic N) is 1. The van der Waals surface area contributed by atoms with Crippen LogP contribution >= 0.6 is 11.6 Å². The highest BCUT2D eigenvalue weighted by Gasteiger charge is 2.62. The van der Waals surface area contributed by atoms with Crippen LogP contribution in [0.4, 0.5) is 5.69 Å². The fraction of sp³-hybridized carbons (Fsp3) is 0.423. The fourth-order valence-electron chi connectivity index (χ4n) is 6.05. The third-order valence-corrected chi connectivity index (χ3v) is 7.76. The number of esters is 1. The maximum Gasteiger partial charge on any atom is 0.310 e. The second-order valence-electron chi connectivity index (χ2n) is 9.29. The number of hydrogen-bond acceptors (Lipinski definition) is 5. The van der Waals surface area contributed by atoms with Gasteiger partial charge in [-0.1, -0.05) is 35.9 Å². The number of benzene rings is 2. The Bertz CT molecular complexity index is 1130. The Morgan fingerprint density at radius 3 is 2.76 bits per heavy atom. The summed E-state index contributed by atoms with van der Waals surface area (Å²) in [6, 6.07) is 14.4. The maximum absolute atomic E-state index is 14.1. The van der Waals surface area contributed by atoms with Gasteiger partial charge in [0.1, 0.15) is 5.75 Å². The molecule has 2 aromatic rings. The molecular weight excluding hydrogens is 442 g/mol. The monoisotopic (exact) mass is 467 g/mol. The first-order valence-electron chi connectivity index (χ1n) is 11.4. The topological polar surface area (TPSA) is 72.9 Å². The number of imide groups is 1. The zero-order chi connectivity index (χ0) is 23.3. The van der Waals surface area contributed by atoms with E-state index in [0.717, 1.165) is 11.3 Å². The summed E-state index contributed by atoms with van der Waals surface area (Å²) in [7, 11) is 0. The van der Waals surface area contributed by atoms with Crippen molar-refractivity contribution in [2.24, 2.45) is 23.2 Å². The van der Waals surface area contributed by atoms with Gasteiger partial charge < -0.3 is 9.47 Å². The third kappa shape index (κ3) is 3.34. The Kier molecular flexibility index (Phi) is 5.44. The fourth-order valence-corrected chi connectivity index (χ4v) is 6.24. The minimum atomic E-state index is -1.12. The van der Waals surface area contributed by atoms with Crippen LogP contribution < -0.4 is 9.64 Å². The van der Waals surface area contributed by atoms with Gasteiger partial charge in [-0.15, -0.1) is 0 Å². The van der Waals surface area contributed by atoms with Crippen molar-refractivity contribution < 1.29 is 23.9 Å². The summed E-state index contributed by atoms with van der Waals surface area (Å²) in [5.41, 5.74) is 0.219. The van der Waals surface area contributed by atoms with E-state index in [0.29, 0.717) is 23.6 Å². The Balaban J connectivity index is 1.73. The molecule has 33 heavy (non-hydrogen) atoms. The molecule has 1 saturated heterocycles. The maximum atomic E-state index is 14.1. The van der Waals surface area contributed by atoms with E-state index in [1.54, 1.807) is 38.1 Å². The molecule has 2 unspecified atom stereocenters. The molecule has 0 aromatic heterocycles. The van der Waals surface area contributed by atoms with Crippen molar-refractivity contribution in [2.75, 3.05) is 18.1 Å². The van der Waals surface area contributed by atoms with Gasteiger partial charge in [-0.05, 0) is 56.5 Å². The minimum Gasteiger partial charge on any atom is -0.493 e. The average molecular weight is 468 g/mol. The van der Waals surface area contributed by atoms with E-state index in [9.17, 15) is 14.4 Å². The average Bonchev–Trinajstić information content (AvgIpc) is 2.99. The second kappa shape index (κ2) is 8.17. The van der Waals surface area contributed by atoms with Crippen LogP contribution in [0.15, 0.2) is 48.5 Å². The first-order valence-corrected chi connectivity index (χ1v) is 11.8. The molecule has 172 valence electrons. The molecule has 2 amide bonds. The van der Waals surface area contributed by atoms with Gasteiger partial charge in [-0.25, -0.2) is 4.90 Å². The van der Waals surface area contributed by atoms with E-state index in [-0.39, 0.29) is 36.9 Å². The number of rotatable bonds is 3. The van der Waals surface area contributed by atoms with Gasteiger partial charge in [0.15, 0.2) is 0 Å². The Labute approximate surface area is 197 Å².